The molecule has 8 heteroatoms. The molecular formula is C8H9N5S3. The van der Waals surface area contributed by atoms with E-state index in [2.05, 4.69) is 20.2 Å². The van der Waals surface area contributed by atoms with Gasteiger partial charge in [0, 0.05) is 18.9 Å². The number of nitrogens with zero attached hydrogens (tertiary/aromatic N) is 4. The fourth-order valence-corrected chi connectivity index (χ4v) is 3.40. The highest BCUT2D eigenvalue weighted by atomic mass is 32.2. The van der Waals surface area contributed by atoms with E-state index in [4.69, 9.17) is 5.73 Å². The van der Waals surface area contributed by atoms with E-state index >= 15 is 0 Å². The van der Waals surface area contributed by atoms with Crippen molar-refractivity contribution in [2.45, 2.75) is 20.3 Å². The molecule has 16 heavy (non-hydrogen) atoms. The lowest BCUT2D eigenvalue weighted by molar-refractivity contribution is 0.883. The molecule has 2 heterocycles. The molecule has 0 aromatic carbocycles. The summed E-state index contributed by atoms with van der Waals surface area (Å²) in [6.07, 6.45) is 5.26. The van der Waals surface area contributed by atoms with E-state index in [9.17, 15) is 0 Å². The fraction of sp³-hybridized carbons (Fsp3) is 0.250. The molecule has 0 spiro atoms. The molecule has 5 nitrogen and oxygen atoms in total. The van der Waals surface area contributed by atoms with Gasteiger partial charge in [-0.05, 0) is 18.0 Å². The summed E-state index contributed by atoms with van der Waals surface area (Å²) >= 11 is 4.58. The van der Waals surface area contributed by atoms with Crippen molar-refractivity contribution in [3.05, 3.63) is 18.1 Å². The number of hydrogen-bond donors (Lipinski definition) is 1. The predicted molar refractivity (Wildman–Crippen MR) is 65.7 cm³/mol. The van der Waals surface area contributed by atoms with E-state index in [0.717, 1.165) is 19.4 Å². The molecule has 2 N–H and O–H groups in total. The minimum atomic E-state index is 0.379. The zero-order valence-corrected chi connectivity index (χ0v) is 10.9. The Morgan fingerprint density at radius 3 is 2.69 bits per heavy atom. The van der Waals surface area contributed by atoms with Crippen LogP contribution >= 0.6 is 34.9 Å². The first kappa shape index (κ1) is 11.8. The Hall–Kier alpha value is -0.700. The molecule has 0 saturated carbocycles. The van der Waals surface area contributed by atoms with Crippen LogP contribution in [-0.2, 0) is 6.54 Å². The Bertz CT molecular complexity index is 472. The zero-order chi connectivity index (χ0) is 11.4. The standard InChI is InChI=1S/C8H9N5S3/c1-14-7-12-13-8(16-7)15-6-5(4-9)10-2-3-11-6/h2-3H,4,9H2,1H3. The fourth-order valence-electron chi connectivity index (χ4n) is 0.983. The lowest BCUT2D eigenvalue weighted by Gasteiger charge is -2.01. The van der Waals surface area contributed by atoms with Crippen LogP contribution < -0.4 is 5.73 Å². The molecule has 0 aliphatic carbocycles. The summed E-state index contributed by atoms with van der Waals surface area (Å²) < 4.78 is 1.81. The molecule has 0 saturated heterocycles. The van der Waals surface area contributed by atoms with E-state index in [1.807, 2.05) is 6.26 Å². The van der Waals surface area contributed by atoms with E-state index in [1.54, 1.807) is 35.5 Å². The zero-order valence-electron chi connectivity index (χ0n) is 8.45. The summed E-state index contributed by atoms with van der Waals surface area (Å²) in [6, 6.07) is 0. The summed E-state index contributed by atoms with van der Waals surface area (Å²) in [5, 5.41) is 8.88. The van der Waals surface area contributed by atoms with Gasteiger partial charge in [0.05, 0.1) is 5.69 Å². The number of thioether (sulfide) groups is 1. The molecule has 0 unspecified atom stereocenters. The van der Waals surface area contributed by atoms with Gasteiger partial charge in [-0.15, -0.1) is 10.2 Å². The Morgan fingerprint density at radius 1 is 1.25 bits per heavy atom. The third-order valence-corrected chi connectivity index (χ3v) is 4.66. The minimum Gasteiger partial charge on any atom is -0.325 e. The molecule has 0 amide bonds. The third-order valence-electron chi connectivity index (χ3n) is 1.68. The van der Waals surface area contributed by atoms with Crippen molar-refractivity contribution in [3.63, 3.8) is 0 Å². The first-order valence-electron chi connectivity index (χ1n) is 4.38. The maximum Gasteiger partial charge on any atom is 0.181 e. The van der Waals surface area contributed by atoms with Gasteiger partial charge in [-0.25, -0.2) is 4.98 Å². The highest BCUT2D eigenvalue weighted by Crippen LogP contribution is 2.32. The predicted octanol–water partition coefficient (Wildman–Crippen LogP) is 1.66. The molecule has 0 radical (unpaired) electrons. The Kier molecular flexibility index (Phi) is 4.10. The molecule has 2 rings (SSSR count). The second-order valence-corrected chi connectivity index (χ2v) is 5.92. The van der Waals surface area contributed by atoms with Crippen LogP contribution in [0.4, 0.5) is 0 Å². The van der Waals surface area contributed by atoms with Crippen LogP contribution in [0.5, 0.6) is 0 Å². The van der Waals surface area contributed by atoms with Gasteiger partial charge in [0.25, 0.3) is 0 Å². The van der Waals surface area contributed by atoms with Crippen LogP contribution in [0.2, 0.25) is 0 Å². The van der Waals surface area contributed by atoms with Crippen molar-refractivity contribution >= 4 is 34.9 Å². The van der Waals surface area contributed by atoms with Crippen LogP contribution in [0.15, 0.2) is 26.1 Å². The average Bonchev–Trinajstić information content (AvgIpc) is 2.77. The first-order chi connectivity index (χ1) is 7.83. The van der Waals surface area contributed by atoms with Crippen molar-refractivity contribution in [3.8, 4) is 0 Å². The van der Waals surface area contributed by atoms with Crippen molar-refractivity contribution in [1.29, 1.82) is 0 Å². The second kappa shape index (κ2) is 5.58. The first-order valence-corrected chi connectivity index (χ1v) is 7.24. The van der Waals surface area contributed by atoms with Gasteiger partial charge in [0.15, 0.2) is 8.68 Å². The normalized spacial score (nSPS) is 10.6. The summed E-state index contributed by atoms with van der Waals surface area (Å²) in [7, 11) is 0. The maximum atomic E-state index is 5.58. The summed E-state index contributed by atoms with van der Waals surface area (Å²) in [5.74, 6) is 0. The van der Waals surface area contributed by atoms with Crippen molar-refractivity contribution in [2.24, 2.45) is 5.73 Å². The van der Waals surface area contributed by atoms with Gasteiger partial charge in [0.1, 0.15) is 5.03 Å². The number of rotatable bonds is 4. The number of aromatic nitrogens is 4. The van der Waals surface area contributed by atoms with E-state index in [0.29, 0.717) is 6.54 Å². The smallest absolute Gasteiger partial charge is 0.181 e. The van der Waals surface area contributed by atoms with E-state index < -0.39 is 0 Å². The van der Waals surface area contributed by atoms with Gasteiger partial charge in [-0.3, -0.25) is 4.98 Å². The van der Waals surface area contributed by atoms with Gasteiger partial charge in [-0.1, -0.05) is 23.1 Å². The Balaban J connectivity index is 2.19. The SMILES string of the molecule is CSc1nnc(Sc2nccnc2CN)s1. The molecule has 2 aromatic heterocycles. The molecule has 0 bridgehead atoms. The van der Waals surface area contributed by atoms with Gasteiger partial charge >= 0.3 is 0 Å². The van der Waals surface area contributed by atoms with E-state index in [-0.39, 0.29) is 0 Å². The molecule has 0 atom stereocenters. The molecular weight excluding hydrogens is 262 g/mol. The molecule has 2 aromatic rings. The van der Waals surface area contributed by atoms with E-state index in [1.165, 1.54) is 11.8 Å². The number of hydrogen-bond acceptors (Lipinski definition) is 8. The topological polar surface area (TPSA) is 77.6 Å². The Labute approximate surface area is 105 Å². The van der Waals surface area contributed by atoms with Crippen LogP contribution in [0.25, 0.3) is 0 Å². The van der Waals surface area contributed by atoms with Crippen LogP contribution in [0.1, 0.15) is 5.69 Å². The molecule has 0 aliphatic heterocycles. The molecule has 0 fully saturated rings. The summed E-state index contributed by atoms with van der Waals surface area (Å²) in [4.78, 5) is 8.40. The van der Waals surface area contributed by atoms with Gasteiger partial charge in [-0.2, -0.15) is 0 Å². The Morgan fingerprint density at radius 2 is 2.00 bits per heavy atom. The maximum absolute atomic E-state index is 5.58. The second-order valence-electron chi connectivity index (χ2n) is 2.65. The minimum absolute atomic E-state index is 0.379. The van der Waals surface area contributed by atoms with Crippen LogP contribution in [-0.4, -0.2) is 26.4 Å². The molecule has 84 valence electrons. The van der Waals surface area contributed by atoms with Gasteiger partial charge in [0.2, 0.25) is 0 Å². The third kappa shape index (κ3) is 2.70. The lowest BCUT2D eigenvalue weighted by Crippen LogP contribution is -2.02. The summed E-state index contributed by atoms with van der Waals surface area (Å²) in [5.41, 5.74) is 6.37. The van der Waals surface area contributed by atoms with Crippen molar-refractivity contribution in [1.82, 2.24) is 20.2 Å². The van der Waals surface area contributed by atoms with Crippen molar-refractivity contribution < 1.29 is 0 Å². The average molecular weight is 271 g/mol. The quantitative estimate of drug-likeness (QED) is 0.847. The lowest BCUT2D eigenvalue weighted by atomic mass is 10.5. The summed E-state index contributed by atoms with van der Waals surface area (Å²) in [6.45, 7) is 0.379. The highest BCUT2D eigenvalue weighted by molar-refractivity contribution is 8.02. The largest absolute Gasteiger partial charge is 0.325 e. The van der Waals surface area contributed by atoms with Gasteiger partial charge < -0.3 is 5.73 Å². The van der Waals surface area contributed by atoms with Crippen LogP contribution in [0.3, 0.4) is 0 Å². The number of nitrogens with two attached hydrogens (primary N) is 1. The van der Waals surface area contributed by atoms with Crippen LogP contribution in [0, 0.1) is 0 Å². The highest BCUT2D eigenvalue weighted by Gasteiger charge is 2.09. The monoisotopic (exact) mass is 271 g/mol. The van der Waals surface area contributed by atoms with Crippen molar-refractivity contribution in [2.75, 3.05) is 6.26 Å². The molecule has 0 aliphatic rings.